The van der Waals surface area contributed by atoms with Gasteiger partial charge in [0, 0.05) is 23.8 Å². The van der Waals surface area contributed by atoms with Crippen LogP contribution in [0.4, 0.5) is 5.69 Å². The summed E-state index contributed by atoms with van der Waals surface area (Å²) in [5.74, 6) is 0.315. The van der Waals surface area contributed by atoms with E-state index in [0.717, 1.165) is 0 Å². The van der Waals surface area contributed by atoms with Crippen LogP contribution in [0.2, 0.25) is 0 Å². The molecule has 0 radical (unpaired) electrons. The van der Waals surface area contributed by atoms with Crippen LogP contribution >= 0.6 is 0 Å². The Balaban J connectivity index is 1.75. The van der Waals surface area contributed by atoms with Crippen molar-refractivity contribution in [3.8, 4) is 5.82 Å². The minimum Gasteiger partial charge on any atom is -0.443 e. The Bertz CT molecular complexity index is 1070. The summed E-state index contributed by atoms with van der Waals surface area (Å²) in [7, 11) is -3.93. The molecule has 3 aromatic heterocycles. The van der Waals surface area contributed by atoms with Crippen molar-refractivity contribution in [2.45, 2.75) is 5.09 Å². The molecule has 0 amide bonds. The molecule has 4 aromatic rings. The van der Waals surface area contributed by atoms with Crippen LogP contribution in [0, 0.1) is 0 Å². The zero-order chi connectivity index (χ0) is 16.6. The summed E-state index contributed by atoms with van der Waals surface area (Å²) in [4.78, 5) is 7.94. The molecule has 24 heavy (non-hydrogen) atoms. The molecule has 120 valence electrons. The third-order valence-electron chi connectivity index (χ3n) is 3.32. The third kappa shape index (κ3) is 2.50. The van der Waals surface area contributed by atoms with Crippen LogP contribution in [0.15, 0.2) is 70.8 Å². The first-order chi connectivity index (χ1) is 11.6. The van der Waals surface area contributed by atoms with Crippen LogP contribution in [0.1, 0.15) is 0 Å². The molecule has 8 nitrogen and oxygen atoms in total. The van der Waals surface area contributed by atoms with Crippen LogP contribution < -0.4 is 4.72 Å². The molecule has 1 aromatic carbocycles. The fourth-order valence-corrected chi connectivity index (χ4v) is 3.27. The van der Waals surface area contributed by atoms with Crippen LogP contribution in [0.25, 0.3) is 16.8 Å². The smallest absolute Gasteiger partial charge is 0.295 e. The highest BCUT2D eigenvalue weighted by molar-refractivity contribution is 7.92. The van der Waals surface area contributed by atoms with E-state index in [1.165, 1.54) is 23.3 Å². The second-order valence-electron chi connectivity index (χ2n) is 4.92. The lowest BCUT2D eigenvalue weighted by atomic mass is 10.3. The number of rotatable bonds is 4. The van der Waals surface area contributed by atoms with Crippen LogP contribution in [-0.4, -0.2) is 28.2 Å². The number of furan rings is 1. The number of anilines is 1. The molecule has 0 bridgehead atoms. The maximum Gasteiger partial charge on any atom is 0.295 e. The van der Waals surface area contributed by atoms with Crippen molar-refractivity contribution in [3.05, 3.63) is 61.3 Å². The first-order valence-electron chi connectivity index (χ1n) is 6.95. The standard InChI is InChI=1S/C15H11N5O3S/c21-24(22,14-8-11-4-1-2-5-13(11)23-14)19-12-9-16-10-17-15(12)20-7-3-6-18-20/h1-10,19H. The molecule has 0 saturated carbocycles. The summed E-state index contributed by atoms with van der Waals surface area (Å²) in [5.41, 5.74) is 0.691. The molecule has 0 aliphatic heterocycles. The molecule has 0 spiro atoms. The predicted molar refractivity (Wildman–Crippen MR) is 86.2 cm³/mol. The second-order valence-corrected chi connectivity index (χ2v) is 6.53. The van der Waals surface area contributed by atoms with Crippen molar-refractivity contribution < 1.29 is 12.8 Å². The Hall–Kier alpha value is -3.20. The number of fused-ring (bicyclic) bond motifs is 1. The molecule has 1 N–H and O–H groups in total. The van der Waals surface area contributed by atoms with Crippen molar-refractivity contribution in [2.24, 2.45) is 0 Å². The van der Waals surface area contributed by atoms with Crippen molar-refractivity contribution >= 4 is 26.7 Å². The van der Waals surface area contributed by atoms with Crippen molar-refractivity contribution in [1.29, 1.82) is 0 Å². The van der Waals surface area contributed by atoms with E-state index in [2.05, 4.69) is 19.8 Å². The van der Waals surface area contributed by atoms with Gasteiger partial charge >= 0.3 is 0 Å². The van der Waals surface area contributed by atoms with Crippen LogP contribution in [0.5, 0.6) is 0 Å². The van der Waals surface area contributed by atoms with Crippen molar-refractivity contribution in [1.82, 2.24) is 19.7 Å². The average Bonchev–Trinajstić information content (AvgIpc) is 3.25. The van der Waals surface area contributed by atoms with E-state index in [1.807, 2.05) is 6.07 Å². The van der Waals surface area contributed by atoms with Gasteiger partial charge in [-0.15, -0.1) is 0 Å². The summed E-state index contributed by atoms with van der Waals surface area (Å²) >= 11 is 0. The summed E-state index contributed by atoms with van der Waals surface area (Å²) in [6.45, 7) is 0. The topological polar surface area (TPSA) is 103 Å². The van der Waals surface area contributed by atoms with Gasteiger partial charge in [-0.05, 0) is 12.1 Å². The SMILES string of the molecule is O=S(=O)(Nc1cncnc1-n1cccn1)c1cc2ccccc2o1. The number of para-hydroxylation sites is 1. The van der Waals surface area contributed by atoms with Gasteiger partial charge in [0.1, 0.15) is 17.6 Å². The third-order valence-corrected chi connectivity index (χ3v) is 4.54. The molecule has 0 unspecified atom stereocenters. The maximum atomic E-state index is 12.6. The van der Waals surface area contributed by atoms with Gasteiger partial charge in [0.2, 0.25) is 5.09 Å². The van der Waals surface area contributed by atoms with Gasteiger partial charge in [-0.3, -0.25) is 4.72 Å². The highest BCUT2D eigenvalue weighted by Gasteiger charge is 2.22. The molecule has 4 rings (SSSR count). The largest absolute Gasteiger partial charge is 0.443 e. The quantitative estimate of drug-likeness (QED) is 0.610. The van der Waals surface area contributed by atoms with Gasteiger partial charge in [-0.1, -0.05) is 18.2 Å². The number of hydrogen-bond acceptors (Lipinski definition) is 6. The lowest BCUT2D eigenvalue weighted by Crippen LogP contribution is -2.15. The zero-order valence-corrected chi connectivity index (χ0v) is 13.0. The highest BCUT2D eigenvalue weighted by Crippen LogP contribution is 2.25. The van der Waals surface area contributed by atoms with Gasteiger partial charge < -0.3 is 4.42 Å². The van der Waals surface area contributed by atoms with Crippen molar-refractivity contribution in [3.63, 3.8) is 0 Å². The van der Waals surface area contributed by atoms with Gasteiger partial charge in [-0.2, -0.15) is 13.5 Å². The number of benzene rings is 1. The number of nitrogens with zero attached hydrogens (tertiary/aromatic N) is 4. The molecule has 0 aliphatic rings. The Kier molecular flexibility index (Phi) is 3.28. The van der Waals surface area contributed by atoms with E-state index >= 15 is 0 Å². The minimum absolute atomic E-state index is 0.182. The van der Waals surface area contributed by atoms with Gasteiger partial charge in [0.25, 0.3) is 10.0 Å². The first-order valence-corrected chi connectivity index (χ1v) is 8.43. The number of hydrogen-bond donors (Lipinski definition) is 1. The lowest BCUT2D eigenvalue weighted by Gasteiger charge is -2.09. The fraction of sp³-hybridized carbons (Fsp3) is 0. The molecule has 3 heterocycles. The van der Waals surface area contributed by atoms with E-state index in [9.17, 15) is 8.42 Å². The van der Waals surface area contributed by atoms with Crippen LogP contribution in [-0.2, 0) is 10.0 Å². The molecular formula is C15H11N5O3S. The summed E-state index contributed by atoms with van der Waals surface area (Å²) in [6, 6.07) is 10.2. The summed E-state index contributed by atoms with van der Waals surface area (Å²) in [5, 5.41) is 4.57. The number of nitrogens with one attached hydrogen (secondary N) is 1. The second kappa shape index (κ2) is 5.46. The van der Waals surface area contributed by atoms with E-state index in [4.69, 9.17) is 4.42 Å². The molecule has 0 fully saturated rings. The molecule has 0 saturated heterocycles. The molecule has 0 aliphatic carbocycles. The fourth-order valence-electron chi connectivity index (χ4n) is 2.26. The maximum absolute atomic E-state index is 12.6. The van der Waals surface area contributed by atoms with Gasteiger partial charge in [0.15, 0.2) is 5.82 Å². The Morgan fingerprint density at radius 1 is 1.17 bits per heavy atom. The van der Waals surface area contributed by atoms with E-state index in [-0.39, 0.29) is 10.8 Å². The Morgan fingerprint density at radius 3 is 2.83 bits per heavy atom. The van der Waals surface area contributed by atoms with E-state index < -0.39 is 10.0 Å². The van der Waals surface area contributed by atoms with E-state index in [0.29, 0.717) is 16.8 Å². The molecule has 0 atom stereocenters. The number of aromatic nitrogens is 4. The first kappa shape index (κ1) is 14.4. The minimum atomic E-state index is -3.93. The monoisotopic (exact) mass is 341 g/mol. The lowest BCUT2D eigenvalue weighted by molar-refractivity contribution is 0.484. The van der Waals surface area contributed by atoms with Gasteiger partial charge in [-0.25, -0.2) is 14.6 Å². The number of sulfonamides is 1. The Morgan fingerprint density at radius 2 is 2.04 bits per heavy atom. The molecule has 9 heteroatoms. The van der Waals surface area contributed by atoms with Crippen LogP contribution in [0.3, 0.4) is 0 Å². The molecular weight excluding hydrogens is 330 g/mol. The summed E-state index contributed by atoms with van der Waals surface area (Å²) in [6.07, 6.45) is 5.90. The summed E-state index contributed by atoms with van der Waals surface area (Å²) < 4.78 is 34.5. The van der Waals surface area contributed by atoms with E-state index in [1.54, 1.807) is 36.7 Å². The predicted octanol–water partition coefficient (Wildman–Crippen LogP) is 2.21. The van der Waals surface area contributed by atoms with Gasteiger partial charge in [0.05, 0.1) is 6.20 Å². The average molecular weight is 341 g/mol. The normalized spacial score (nSPS) is 11.7. The van der Waals surface area contributed by atoms with Crippen molar-refractivity contribution in [2.75, 3.05) is 4.72 Å². The zero-order valence-electron chi connectivity index (χ0n) is 12.2. The Labute approximate surface area is 136 Å². The highest BCUT2D eigenvalue weighted by atomic mass is 32.2.